The fraction of sp³-hybridized carbons (Fsp3) is 0.200. The highest BCUT2D eigenvalue weighted by atomic mass is 16.5. The topological polar surface area (TPSA) is 39.2 Å². The number of Topliss-reactive ketones (excluding diaryl/α,β-unsaturated/α-hetero) is 1. The van der Waals surface area contributed by atoms with Gasteiger partial charge in [-0.05, 0) is 66.9 Å². The molecule has 0 aliphatic rings. The molecule has 0 fully saturated rings. The Labute approximate surface area is 166 Å². The molecule has 1 heterocycles. The summed E-state index contributed by atoms with van der Waals surface area (Å²) in [4.78, 5) is 16.5. The lowest BCUT2D eigenvalue weighted by Gasteiger charge is -2.11. The summed E-state index contributed by atoms with van der Waals surface area (Å²) < 4.78 is 5.44. The summed E-state index contributed by atoms with van der Waals surface area (Å²) in [5.41, 5.74) is 3.53. The van der Waals surface area contributed by atoms with Gasteiger partial charge in [0.05, 0.1) is 6.61 Å². The zero-order valence-corrected chi connectivity index (χ0v) is 16.2. The van der Waals surface area contributed by atoms with Gasteiger partial charge in [-0.3, -0.25) is 9.78 Å². The average molecular weight is 369 g/mol. The molecule has 0 saturated heterocycles. The highest BCUT2D eigenvalue weighted by Gasteiger charge is 2.13. The van der Waals surface area contributed by atoms with Crippen LogP contribution in [0, 0.1) is 11.8 Å². The Balaban J connectivity index is 1.62. The van der Waals surface area contributed by atoms with Crippen LogP contribution in [0.3, 0.4) is 0 Å². The minimum Gasteiger partial charge on any atom is -0.494 e. The van der Waals surface area contributed by atoms with E-state index in [0.29, 0.717) is 18.7 Å². The summed E-state index contributed by atoms with van der Waals surface area (Å²) in [6.45, 7) is 4.68. The van der Waals surface area contributed by atoms with Gasteiger partial charge in [0, 0.05) is 23.7 Å². The van der Waals surface area contributed by atoms with Gasteiger partial charge in [-0.2, -0.15) is 0 Å². The van der Waals surface area contributed by atoms with Crippen LogP contribution in [0.5, 0.6) is 5.75 Å². The molecule has 3 aromatic rings. The van der Waals surface area contributed by atoms with Gasteiger partial charge in [0.15, 0.2) is 5.78 Å². The Hall–Kier alpha value is -3.38. The maximum absolute atomic E-state index is 12.3. The van der Waals surface area contributed by atoms with Crippen molar-refractivity contribution in [3.05, 3.63) is 95.3 Å². The van der Waals surface area contributed by atoms with Crippen molar-refractivity contribution < 1.29 is 9.53 Å². The third-order valence-electron chi connectivity index (χ3n) is 4.44. The van der Waals surface area contributed by atoms with Crippen LogP contribution in [0.2, 0.25) is 0 Å². The van der Waals surface area contributed by atoms with Crippen LogP contribution in [0.15, 0.2) is 72.9 Å². The van der Waals surface area contributed by atoms with Crippen molar-refractivity contribution in [1.82, 2.24) is 4.98 Å². The number of aromatic nitrogens is 1. The van der Waals surface area contributed by atoms with E-state index in [2.05, 4.69) is 23.7 Å². The van der Waals surface area contributed by atoms with Crippen LogP contribution < -0.4 is 4.74 Å². The predicted octanol–water partition coefficient (Wildman–Crippen LogP) is 5.26. The monoisotopic (exact) mass is 369 g/mol. The molecule has 0 saturated carbocycles. The predicted molar refractivity (Wildman–Crippen MR) is 112 cm³/mol. The molecular formula is C25H23NO2. The maximum atomic E-state index is 12.3. The lowest BCUT2D eigenvalue weighted by Crippen LogP contribution is -2.06. The van der Waals surface area contributed by atoms with E-state index in [4.69, 9.17) is 4.74 Å². The molecule has 3 nitrogen and oxygen atoms in total. The van der Waals surface area contributed by atoms with Crippen molar-refractivity contribution >= 4 is 5.78 Å². The van der Waals surface area contributed by atoms with E-state index in [-0.39, 0.29) is 11.7 Å². The zero-order chi connectivity index (χ0) is 19.8. The fourth-order valence-corrected chi connectivity index (χ4v) is 2.87. The number of benzene rings is 2. The molecule has 1 unspecified atom stereocenters. The molecule has 1 atom stereocenters. The molecule has 0 amide bonds. The first-order valence-electron chi connectivity index (χ1n) is 9.45. The van der Waals surface area contributed by atoms with Gasteiger partial charge >= 0.3 is 0 Å². The molecule has 0 N–H and O–H groups in total. The van der Waals surface area contributed by atoms with Gasteiger partial charge in [-0.25, -0.2) is 0 Å². The maximum Gasteiger partial charge on any atom is 0.181 e. The van der Waals surface area contributed by atoms with Crippen LogP contribution in [0.25, 0.3) is 0 Å². The van der Waals surface area contributed by atoms with E-state index in [0.717, 1.165) is 22.4 Å². The number of nitrogens with zero attached hydrogens (tertiary/aromatic N) is 1. The first kappa shape index (κ1) is 19.4. The number of carbonyl (C=O) groups excluding carboxylic acids is 1. The number of ether oxygens (including phenoxy) is 1. The minimum atomic E-state index is 0.0625. The molecule has 0 bridgehead atoms. The Morgan fingerprint density at radius 2 is 1.61 bits per heavy atom. The summed E-state index contributed by atoms with van der Waals surface area (Å²) in [5.74, 6) is 7.39. The van der Waals surface area contributed by atoms with Crippen LogP contribution in [0.4, 0.5) is 0 Å². The molecule has 28 heavy (non-hydrogen) atoms. The number of pyridine rings is 1. The fourth-order valence-electron chi connectivity index (χ4n) is 2.87. The lowest BCUT2D eigenvalue weighted by molar-refractivity contribution is 0.0971. The Morgan fingerprint density at radius 1 is 0.964 bits per heavy atom. The Kier molecular flexibility index (Phi) is 6.59. The number of rotatable bonds is 6. The number of carbonyl (C=O) groups is 1. The normalized spacial score (nSPS) is 11.2. The molecule has 3 rings (SSSR count). The van der Waals surface area contributed by atoms with Crippen molar-refractivity contribution in [3.63, 3.8) is 0 Å². The second-order valence-electron chi connectivity index (χ2n) is 6.57. The summed E-state index contributed by atoms with van der Waals surface area (Å²) in [5, 5.41) is 0. The summed E-state index contributed by atoms with van der Waals surface area (Å²) >= 11 is 0. The molecule has 2 aromatic carbocycles. The zero-order valence-electron chi connectivity index (χ0n) is 16.2. The second-order valence-corrected chi connectivity index (χ2v) is 6.57. The third kappa shape index (κ3) is 5.31. The van der Waals surface area contributed by atoms with E-state index in [1.54, 1.807) is 12.3 Å². The lowest BCUT2D eigenvalue weighted by atomic mass is 9.94. The van der Waals surface area contributed by atoms with Crippen molar-refractivity contribution in [2.24, 2.45) is 0 Å². The summed E-state index contributed by atoms with van der Waals surface area (Å²) in [7, 11) is 0. The van der Waals surface area contributed by atoms with E-state index in [1.165, 1.54) is 0 Å². The van der Waals surface area contributed by atoms with E-state index in [1.807, 2.05) is 67.6 Å². The minimum absolute atomic E-state index is 0.0625. The van der Waals surface area contributed by atoms with Crippen molar-refractivity contribution in [2.75, 3.05) is 6.61 Å². The quantitative estimate of drug-likeness (QED) is 0.440. The highest BCUT2D eigenvalue weighted by Crippen LogP contribution is 2.21. The molecule has 0 aliphatic carbocycles. The van der Waals surface area contributed by atoms with E-state index >= 15 is 0 Å². The van der Waals surface area contributed by atoms with Crippen LogP contribution >= 0.6 is 0 Å². The smallest absolute Gasteiger partial charge is 0.181 e. The van der Waals surface area contributed by atoms with Crippen molar-refractivity contribution in [1.29, 1.82) is 0 Å². The highest BCUT2D eigenvalue weighted by molar-refractivity contribution is 5.94. The van der Waals surface area contributed by atoms with Crippen LogP contribution in [-0.4, -0.2) is 17.4 Å². The standard InChI is InChI=1S/C25H23NO2/c1-3-28-23-15-11-21(12-16-23)8-7-20-9-13-22(14-10-20)19(2)18-25(27)24-6-4-5-17-26-24/h4-6,9-17,19H,3,18H2,1-2H3. The van der Waals surface area contributed by atoms with Gasteiger partial charge in [0.2, 0.25) is 0 Å². The van der Waals surface area contributed by atoms with Gasteiger partial charge < -0.3 is 4.74 Å². The molecule has 0 radical (unpaired) electrons. The molecule has 140 valence electrons. The second kappa shape index (κ2) is 9.53. The van der Waals surface area contributed by atoms with Crippen molar-refractivity contribution in [3.8, 4) is 17.6 Å². The largest absolute Gasteiger partial charge is 0.494 e. The average Bonchev–Trinajstić information content (AvgIpc) is 2.74. The number of ketones is 1. The SMILES string of the molecule is CCOc1ccc(C#Cc2ccc(C(C)CC(=O)c3ccccn3)cc2)cc1. The van der Waals surface area contributed by atoms with E-state index < -0.39 is 0 Å². The first-order valence-corrected chi connectivity index (χ1v) is 9.45. The first-order chi connectivity index (χ1) is 13.7. The van der Waals surface area contributed by atoms with Gasteiger partial charge in [-0.15, -0.1) is 0 Å². The van der Waals surface area contributed by atoms with Crippen LogP contribution in [-0.2, 0) is 0 Å². The molecule has 1 aromatic heterocycles. The van der Waals surface area contributed by atoms with E-state index in [9.17, 15) is 4.79 Å². The number of hydrogen-bond acceptors (Lipinski definition) is 3. The molecular weight excluding hydrogens is 346 g/mol. The molecule has 0 aliphatic heterocycles. The summed E-state index contributed by atoms with van der Waals surface area (Å²) in [6.07, 6.45) is 2.09. The van der Waals surface area contributed by atoms with Gasteiger partial charge in [0.25, 0.3) is 0 Å². The molecule has 3 heteroatoms. The number of hydrogen-bond donors (Lipinski definition) is 0. The van der Waals surface area contributed by atoms with Gasteiger partial charge in [-0.1, -0.05) is 37.0 Å². The third-order valence-corrected chi connectivity index (χ3v) is 4.44. The Bertz CT molecular complexity index is 965. The van der Waals surface area contributed by atoms with Crippen molar-refractivity contribution in [2.45, 2.75) is 26.2 Å². The summed E-state index contributed by atoms with van der Waals surface area (Å²) in [6, 6.07) is 21.3. The Morgan fingerprint density at radius 3 is 2.18 bits per heavy atom. The van der Waals surface area contributed by atoms with Crippen LogP contribution in [0.1, 0.15) is 53.4 Å². The van der Waals surface area contributed by atoms with Gasteiger partial charge in [0.1, 0.15) is 11.4 Å². The molecule has 0 spiro atoms.